The first kappa shape index (κ1) is 16.2. The molecule has 7 nitrogen and oxygen atoms in total. The second-order valence-electron chi connectivity index (χ2n) is 4.98. The topological polar surface area (TPSA) is 120 Å². The van der Waals surface area contributed by atoms with Crippen molar-refractivity contribution in [2.45, 2.75) is 37.1 Å². The summed E-state index contributed by atoms with van der Waals surface area (Å²) < 4.78 is 10.4. The van der Waals surface area contributed by atoms with Gasteiger partial charge in [-0.3, -0.25) is 0 Å². The first-order valence-corrected chi connectivity index (χ1v) is 6.73. The van der Waals surface area contributed by atoms with Gasteiger partial charge in [-0.15, -0.1) is 0 Å². The molecule has 5 N–H and O–H groups in total. The Bertz CT molecular complexity index is 435. The molecule has 0 radical (unpaired) electrons. The van der Waals surface area contributed by atoms with Gasteiger partial charge in [-0.25, -0.2) is 0 Å². The molecule has 118 valence electrons. The molecule has 0 saturated carbocycles. The number of aliphatic hydroxyl groups excluding tert-OH is 4. The zero-order valence-corrected chi connectivity index (χ0v) is 11.4. The average molecular weight is 300 g/mol. The molecule has 5 atom stereocenters. The maximum atomic E-state index is 9.88. The summed E-state index contributed by atoms with van der Waals surface area (Å²) in [6, 6.07) is 6.58. The number of rotatable bonds is 5. The van der Waals surface area contributed by atoms with E-state index in [0.29, 0.717) is 6.42 Å². The van der Waals surface area contributed by atoms with Crippen LogP contribution in [-0.2, 0) is 15.9 Å². The molecule has 7 heteroatoms. The molecule has 2 rings (SSSR count). The lowest BCUT2D eigenvalue weighted by molar-refractivity contribution is -0.296. The van der Waals surface area contributed by atoms with E-state index in [0.717, 1.165) is 5.56 Å². The van der Waals surface area contributed by atoms with E-state index in [2.05, 4.69) is 0 Å². The molecule has 0 aliphatic carbocycles. The Balaban J connectivity index is 1.86. The number of hydrogen-bond acceptors (Lipinski definition) is 7. The molecule has 1 saturated heterocycles. The van der Waals surface area contributed by atoms with Crippen LogP contribution in [0.15, 0.2) is 24.3 Å². The Hall–Kier alpha value is -1.22. The molecule has 1 aromatic rings. The van der Waals surface area contributed by atoms with Gasteiger partial charge in [0.05, 0.1) is 13.2 Å². The lowest BCUT2D eigenvalue weighted by atomic mass is 9.99. The molecule has 0 bridgehead atoms. The summed E-state index contributed by atoms with van der Waals surface area (Å²) in [5.74, 6) is 0.171. The Morgan fingerprint density at radius 1 is 1.05 bits per heavy atom. The molecule has 1 heterocycles. The van der Waals surface area contributed by atoms with Crippen LogP contribution in [0.5, 0.6) is 5.75 Å². The van der Waals surface area contributed by atoms with Gasteiger partial charge < -0.3 is 35.0 Å². The van der Waals surface area contributed by atoms with Crippen LogP contribution < -0.4 is 0 Å². The first-order valence-electron chi connectivity index (χ1n) is 6.73. The summed E-state index contributed by atoms with van der Waals surface area (Å²) in [5, 5.41) is 47.5. The summed E-state index contributed by atoms with van der Waals surface area (Å²) in [6.07, 6.45) is -5.69. The van der Waals surface area contributed by atoms with Gasteiger partial charge in [0.15, 0.2) is 6.29 Å². The fourth-order valence-electron chi connectivity index (χ4n) is 2.23. The number of phenols is 1. The van der Waals surface area contributed by atoms with Crippen molar-refractivity contribution in [3.8, 4) is 5.75 Å². The predicted molar refractivity (Wildman–Crippen MR) is 71.5 cm³/mol. The van der Waals surface area contributed by atoms with Gasteiger partial charge in [0.25, 0.3) is 0 Å². The maximum absolute atomic E-state index is 9.88. The highest BCUT2D eigenvalue weighted by molar-refractivity contribution is 5.25. The van der Waals surface area contributed by atoms with Gasteiger partial charge in [-0.05, 0) is 24.1 Å². The van der Waals surface area contributed by atoms with E-state index in [1.165, 1.54) is 0 Å². The molecule has 0 amide bonds. The zero-order valence-electron chi connectivity index (χ0n) is 11.4. The Morgan fingerprint density at radius 3 is 2.33 bits per heavy atom. The molecule has 21 heavy (non-hydrogen) atoms. The Labute approximate surface area is 122 Å². The number of hydrogen-bond donors (Lipinski definition) is 5. The number of benzene rings is 1. The third-order valence-electron chi connectivity index (χ3n) is 3.48. The van der Waals surface area contributed by atoms with Crippen molar-refractivity contribution in [2.24, 2.45) is 0 Å². The zero-order chi connectivity index (χ0) is 15.4. The first-order chi connectivity index (χ1) is 10.0. The summed E-state index contributed by atoms with van der Waals surface area (Å²) >= 11 is 0. The standard InChI is InChI=1S/C14H20O7/c15-7-10-11(17)12(18)13(14(19)21-10)20-6-5-8-1-3-9(16)4-2-8/h1-4,10-19H,5-7H2/t10-,11-,12+,13-,14?/m1/s1. The minimum Gasteiger partial charge on any atom is -0.508 e. The predicted octanol–water partition coefficient (Wildman–Crippen LogP) is -1.25. The van der Waals surface area contributed by atoms with Gasteiger partial charge >= 0.3 is 0 Å². The van der Waals surface area contributed by atoms with Crippen molar-refractivity contribution < 1.29 is 35.0 Å². The van der Waals surface area contributed by atoms with Crippen molar-refractivity contribution in [1.29, 1.82) is 0 Å². The summed E-state index contributed by atoms with van der Waals surface area (Å²) in [4.78, 5) is 0. The quantitative estimate of drug-likeness (QED) is 0.461. The van der Waals surface area contributed by atoms with Crippen molar-refractivity contribution in [1.82, 2.24) is 0 Å². The minimum absolute atomic E-state index is 0.171. The van der Waals surface area contributed by atoms with Crippen molar-refractivity contribution in [3.05, 3.63) is 29.8 Å². The van der Waals surface area contributed by atoms with E-state index in [1.807, 2.05) is 0 Å². The van der Waals surface area contributed by atoms with Crippen molar-refractivity contribution >= 4 is 0 Å². The van der Waals surface area contributed by atoms with Crippen molar-refractivity contribution in [2.75, 3.05) is 13.2 Å². The monoisotopic (exact) mass is 300 g/mol. The van der Waals surface area contributed by atoms with Gasteiger partial charge in [0.1, 0.15) is 30.2 Å². The van der Waals surface area contributed by atoms with Crippen LogP contribution in [0.4, 0.5) is 0 Å². The van der Waals surface area contributed by atoms with Crippen LogP contribution >= 0.6 is 0 Å². The number of phenolic OH excluding ortho intramolecular Hbond substituents is 1. The second-order valence-corrected chi connectivity index (χ2v) is 4.98. The van der Waals surface area contributed by atoms with E-state index in [9.17, 15) is 20.4 Å². The molecule has 1 aromatic carbocycles. The molecule has 1 aliphatic heterocycles. The fourth-order valence-corrected chi connectivity index (χ4v) is 2.23. The van der Waals surface area contributed by atoms with Gasteiger partial charge in [0, 0.05) is 0 Å². The molecule has 0 aromatic heterocycles. The molecule has 1 fully saturated rings. The van der Waals surface area contributed by atoms with Gasteiger partial charge in [0.2, 0.25) is 0 Å². The number of ether oxygens (including phenoxy) is 2. The van der Waals surface area contributed by atoms with Crippen LogP contribution in [0.1, 0.15) is 5.56 Å². The van der Waals surface area contributed by atoms with Crippen molar-refractivity contribution in [3.63, 3.8) is 0 Å². The van der Waals surface area contributed by atoms with Crippen LogP contribution in [0.3, 0.4) is 0 Å². The summed E-state index contributed by atoms with van der Waals surface area (Å²) in [7, 11) is 0. The SMILES string of the molecule is OC[C@H]1OC(O)[C@H](OCCc2ccc(O)cc2)[C@@H](O)[C@@H]1O. The largest absolute Gasteiger partial charge is 0.508 e. The van der Waals surface area contributed by atoms with E-state index < -0.39 is 37.3 Å². The molecule has 1 unspecified atom stereocenters. The van der Waals surface area contributed by atoms with Crippen LogP contribution in [0, 0.1) is 0 Å². The molecular formula is C14H20O7. The second kappa shape index (κ2) is 7.17. The van der Waals surface area contributed by atoms with E-state index in [1.54, 1.807) is 24.3 Å². The smallest absolute Gasteiger partial charge is 0.184 e. The highest BCUT2D eigenvalue weighted by atomic mass is 16.7. The van der Waals surface area contributed by atoms with Crippen LogP contribution in [-0.4, -0.2) is 69.5 Å². The fraction of sp³-hybridized carbons (Fsp3) is 0.571. The number of aromatic hydroxyl groups is 1. The highest BCUT2D eigenvalue weighted by Crippen LogP contribution is 2.22. The average Bonchev–Trinajstić information content (AvgIpc) is 2.48. The van der Waals surface area contributed by atoms with Gasteiger partial charge in [-0.2, -0.15) is 0 Å². The van der Waals surface area contributed by atoms with Crippen LogP contribution in [0.2, 0.25) is 0 Å². The van der Waals surface area contributed by atoms with E-state index in [4.69, 9.17) is 14.6 Å². The molecular weight excluding hydrogens is 280 g/mol. The lowest BCUT2D eigenvalue weighted by Gasteiger charge is -2.39. The highest BCUT2D eigenvalue weighted by Gasteiger charge is 2.44. The maximum Gasteiger partial charge on any atom is 0.184 e. The van der Waals surface area contributed by atoms with E-state index >= 15 is 0 Å². The van der Waals surface area contributed by atoms with Gasteiger partial charge in [-0.1, -0.05) is 12.1 Å². The Kier molecular flexibility index (Phi) is 5.51. The Morgan fingerprint density at radius 2 is 1.71 bits per heavy atom. The van der Waals surface area contributed by atoms with E-state index in [-0.39, 0.29) is 12.4 Å². The normalized spacial score (nSPS) is 33.0. The third-order valence-corrected chi connectivity index (χ3v) is 3.48. The van der Waals surface area contributed by atoms with Crippen LogP contribution in [0.25, 0.3) is 0 Å². The number of aliphatic hydroxyl groups is 4. The third kappa shape index (κ3) is 3.91. The lowest BCUT2D eigenvalue weighted by Crippen LogP contribution is -2.59. The molecule has 0 spiro atoms. The summed E-state index contributed by atoms with van der Waals surface area (Å²) in [5.41, 5.74) is 0.919. The summed E-state index contributed by atoms with van der Waals surface area (Å²) in [6.45, 7) is -0.307. The minimum atomic E-state index is -1.42. The molecule has 1 aliphatic rings.